The van der Waals surface area contributed by atoms with Crippen molar-refractivity contribution < 1.29 is 9.53 Å². The number of unbranched alkanes of at least 4 members (excludes halogenated alkanes) is 2. The molecule has 1 N–H and O–H groups in total. The molecule has 6 heteroatoms. The van der Waals surface area contributed by atoms with Crippen molar-refractivity contribution >= 4 is 33.1 Å². The molecule has 5 nitrogen and oxygen atoms in total. The van der Waals surface area contributed by atoms with E-state index >= 15 is 0 Å². The van der Waals surface area contributed by atoms with Crippen LogP contribution in [0.4, 0.5) is 0 Å². The lowest BCUT2D eigenvalue weighted by atomic mass is 10.1. The van der Waals surface area contributed by atoms with Crippen LogP contribution in [-0.2, 0) is 11.2 Å². The minimum Gasteiger partial charge on any atom is -0.462 e. The molecule has 0 saturated heterocycles. The van der Waals surface area contributed by atoms with E-state index in [1.165, 1.54) is 0 Å². The van der Waals surface area contributed by atoms with E-state index in [4.69, 9.17) is 4.74 Å². The zero-order chi connectivity index (χ0) is 14.5. The number of rotatable bonds is 6. The van der Waals surface area contributed by atoms with Crippen molar-refractivity contribution in [2.75, 3.05) is 6.61 Å². The molecule has 20 heavy (non-hydrogen) atoms. The van der Waals surface area contributed by atoms with Crippen molar-refractivity contribution in [3.63, 3.8) is 0 Å². The molecule has 0 aromatic carbocycles. The summed E-state index contributed by atoms with van der Waals surface area (Å²) >= 11 is 3.29. The summed E-state index contributed by atoms with van der Waals surface area (Å²) in [5.74, 6) is -0.336. The van der Waals surface area contributed by atoms with Crippen molar-refractivity contribution in [1.82, 2.24) is 15.0 Å². The summed E-state index contributed by atoms with van der Waals surface area (Å²) < 4.78 is 5.75. The second-order valence-corrected chi connectivity index (χ2v) is 5.36. The van der Waals surface area contributed by atoms with Gasteiger partial charge in [0.25, 0.3) is 0 Å². The monoisotopic (exact) mass is 339 g/mol. The van der Waals surface area contributed by atoms with Crippen LogP contribution < -0.4 is 0 Å². The Kier molecular flexibility index (Phi) is 5.11. The molecule has 0 unspecified atom stereocenters. The van der Waals surface area contributed by atoms with Gasteiger partial charge in [-0.3, -0.25) is 0 Å². The molecule has 0 bridgehead atoms. The van der Waals surface area contributed by atoms with Crippen LogP contribution in [0.2, 0.25) is 0 Å². The lowest BCUT2D eigenvalue weighted by Gasteiger charge is -2.04. The number of fused-ring (bicyclic) bond motifs is 1. The highest BCUT2D eigenvalue weighted by atomic mass is 79.9. The molecule has 0 saturated carbocycles. The Hall–Kier alpha value is -1.43. The van der Waals surface area contributed by atoms with E-state index in [2.05, 4.69) is 37.8 Å². The van der Waals surface area contributed by atoms with Gasteiger partial charge in [-0.25, -0.2) is 14.8 Å². The Balaban J connectivity index is 2.43. The standard InChI is InChI=1S/C14H18BrN3O2/c1-3-5-6-7-9-11(14(19)20-4-2)12-13(17-9)16-8-10(15)18-12/h8H,3-7H2,1-2H3,(H,16,17). The van der Waals surface area contributed by atoms with Crippen LogP contribution in [0.5, 0.6) is 0 Å². The first kappa shape index (κ1) is 15.0. The smallest absolute Gasteiger partial charge is 0.342 e. The molecule has 0 aliphatic rings. The van der Waals surface area contributed by atoms with E-state index < -0.39 is 0 Å². The molecule has 0 amide bonds. The third-order valence-corrected chi connectivity index (χ3v) is 3.44. The van der Waals surface area contributed by atoms with Crippen LogP contribution in [0, 0.1) is 0 Å². The van der Waals surface area contributed by atoms with Crippen LogP contribution in [0.3, 0.4) is 0 Å². The summed E-state index contributed by atoms with van der Waals surface area (Å²) in [5, 5.41) is 0. The summed E-state index contributed by atoms with van der Waals surface area (Å²) in [4.78, 5) is 24.0. The second-order valence-electron chi connectivity index (χ2n) is 4.55. The largest absolute Gasteiger partial charge is 0.462 e. The summed E-state index contributed by atoms with van der Waals surface area (Å²) in [7, 11) is 0. The maximum Gasteiger partial charge on any atom is 0.342 e. The number of esters is 1. The number of nitrogens with zero attached hydrogens (tertiary/aromatic N) is 2. The van der Waals surface area contributed by atoms with Crippen LogP contribution in [0.25, 0.3) is 11.2 Å². The molecule has 2 aromatic rings. The molecule has 2 rings (SSSR count). The molecule has 108 valence electrons. The number of nitrogens with one attached hydrogen (secondary N) is 1. The maximum absolute atomic E-state index is 12.2. The molecule has 0 atom stereocenters. The zero-order valence-corrected chi connectivity index (χ0v) is 13.3. The minimum atomic E-state index is -0.336. The van der Waals surface area contributed by atoms with Gasteiger partial charge in [0.2, 0.25) is 0 Å². The van der Waals surface area contributed by atoms with Crippen molar-refractivity contribution in [1.29, 1.82) is 0 Å². The van der Waals surface area contributed by atoms with Gasteiger partial charge in [-0.05, 0) is 35.7 Å². The van der Waals surface area contributed by atoms with Gasteiger partial charge in [0.1, 0.15) is 15.7 Å². The Morgan fingerprint density at radius 2 is 2.20 bits per heavy atom. The van der Waals surface area contributed by atoms with Gasteiger partial charge >= 0.3 is 5.97 Å². The molecular formula is C14H18BrN3O2. The van der Waals surface area contributed by atoms with Gasteiger partial charge in [0, 0.05) is 5.69 Å². The van der Waals surface area contributed by atoms with E-state index in [9.17, 15) is 4.79 Å². The summed E-state index contributed by atoms with van der Waals surface area (Å²) in [6.07, 6.45) is 5.71. The van der Waals surface area contributed by atoms with Gasteiger partial charge in [-0.15, -0.1) is 0 Å². The lowest BCUT2D eigenvalue weighted by Crippen LogP contribution is -2.07. The molecule has 2 aromatic heterocycles. The number of carbonyl (C=O) groups excluding carboxylic acids is 1. The average molecular weight is 340 g/mol. The second kappa shape index (κ2) is 6.83. The summed E-state index contributed by atoms with van der Waals surface area (Å²) in [6.45, 7) is 4.30. The predicted molar refractivity (Wildman–Crippen MR) is 80.8 cm³/mol. The molecule has 0 radical (unpaired) electrons. The fourth-order valence-corrected chi connectivity index (χ4v) is 2.42. The first-order chi connectivity index (χ1) is 9.67. The normalized spacial score (nSPS) is 10.9. The quantitative estimate of drug-likeness (QED) is 0.644. The number of aromatic amines is 1. The molecule has 0 aliphatic heterocycles. The number of ether oxygens (including phenoxy) is 1. The van der Waals surface area contributed by atoms with E-state index in [-0.39, 0.29) is 5.97 Å². The SMILES string of the molecule is CCCCCc1[nH]c2ncc(Br)nc2c1C(=O)OCC. The van der Waals surface area contributed by atoms with Crippen LogP contribution in [0.15, 0.2) is 10.8 Å². The first-order valence-electron chi connectivity index (χ1n) is 6.87. The Morgan fingerprint density at radius 1 is 1.40 bits per heavy atom. The highest BCUT2D eigenvalue weighted by molar-refractivity contribution is 9.10. The number of hydrogen-bond acceptors (Lipinski definition) is 4. The van der Waals surface area contributed by atoms with Crippen molar-refractivity contribution in [2.45, 2.75) is 39.5 Å². The van der Waals surface area contributed by atoms with Gasteiger partial charge in [-0.2, -0.15) is 0 Å². The number of aromatic nitrogens is 3. The van der Waals surface area contributed by atoms with Crippen LogP contribution in [0.1, 0.15) is 49.2 Å². The fraction of sp³-hybridized carbons (Fsp3) is 0.500. The van der Waals surface area contributed by atoms with Crippen LogP contribution in [-0.4, -0.2) is 27.5 Å². The Morgan fingerprint density at radius 3 is 2.90 bits per heavy atom. The van der Waals surface area contributed by atoms with Gasteiger partial charge in [-0.1, -0.05) is 19.8 Å². The predicted octanol–water partition coefficient (Wildman–Crippen LogP) is 3.63. The van der Waals surface area contributed by atoms with Gasteiger partial charge in [0.15, 0.2) is 5.65 Å². The number of hydrogen-bond donors (Lipinski definition) is 1. The molecule has 2 heterocycles. The molecule has 0 fully saturated rings. The highest BCUT2D eigenvalue weighted by Crippen LogP contribution is 2.23. The topological polar surface area (TPSA) is 67.9 Å². The molecule has 0 spiro atoms. The van der Waals surface area contributed by atoms with Crippen molar-refractivity contribution in [3.05, 3.63) is 22.1 Å². The van der Waals surface area contributed by atoms with E-state index in [0.29, 0.717) is 27.9 Å². The number of carbonyl (C=O) groups is 1. The minimum absolute atomic E-state index is 0.336. The van der Waals surface area contributed by atoms with Gasteiger partial charge < -0.3 is 9.72 Å². The lowest BCUT2D eigenvalue weighted by molar-refractivity contribution is 0.0527. The number of halogens is 1. The number of H-pyrrole nitrogens is 1. The summed E-state index contributed by atoms with van der Waals surface area (Å²) in [6, 6.07) is 0. The zero-order valence-electron chi connectivity index (χ0n) is 11.7. The van der Waals surface area contributed by atoms with E-state index in [1.54, 1.807) is 13.1 Å². The number of aryl methyl sites for hydroxylation is 1. The van der Waals surface area contributed by atoms with E-state index in [0.717, 1.165) is 31.4 Å². The first-order valence-corrected chi connectivity index (χ1v) is 7.66. The van der Waals surface area contributed by atoms with Crippen LogP contribution >= 0.6 is 15.9 Å². The maximum atomic E-state index is 12.2. The third-order valence-electron chi connectivity index (χ3n) is 3.06. The highest BCUT2D eigenvalue weighted by Gasteiger charge is 2.21. The Labute approximate surface area is 126 Å². The summed E-state index contributed by atoms with van der Waals surface area (Å²) in [5.41, 5.74) is 2.59. The van der Waals surface area contributed by atoms with E-state index in [1.807, 2.05) is 0 Å². The fourth-order valence-electron chi connectivity index (χ4n) is 2.14. The van der Waals surface area contributed by atoms with Crippen molar-refractivity contribution in [2.24, 2.45) is 0 Å². The Bertz CT molecular complexity index is 610. The molecule has 0 aliphatic carbocycles. The average Bonchev–Trinajstić information content (AvgIpc) is 2.77. The molecular weight excluding hydrogens is 322 g/mol. The third kappa shape index (κ3) is 3.17. The van der Waals surface area contributed by atoms with Crippen molar-refractivity contribution in [3.8, 4) is 0 Å². The van der Waals surface area contributed by atoms with Gasteiger partial charge in [0.05, 0.1) is 12.8 Å².